The summed E-state index contributed by atoms with van der Waals surface area (Å²) in [5, 5.41) is 3.55. The van der Waals surface area contributed by atoms with Crippen molar-refractivity contribution in [2.24, 2.45) is 11.8 Å². The molecule has 74 valence electrons. The van der Waals surface area contributed by atoms with E-state index >= 15 is 0 Å². The fourth-order valence-electron chi connectivity index (χ4n) is 2.32. The molecular weight excluding hydrogens is 158 g/mol. The molecule has 13 heavy (non-hydrogen) atoms. The van der Waals surface area contributed by atoms with Crippen LogP contribution < -0.4 is 5.32 Å². The molecule has 1 saturated carbocycles. The van der Waals surface area contributed by atoms with Crippen LogP contribution >= 0.6 is 0 Å². The van der Waals surface area contributed by atoms with Crippen molar-refractivity contribution in [2.75, 3.05) is 6.54 Å². The molecule has 0 aliphatic heterocycles. The standard InChI is InChI=1S/C12H21N/c1-4-6-7-11-8-9-12(10(11)3)13-5-2/h10-13H,5,7-9H2,1-3H3. The first kappa shape index (κ1) is 10.6. The normalized spacial score (nSPS) is 32.7. The molecule has 1 heteroatoms. The van der Waals surface area contributed by atoms with Crippen molar-refractivity contribution in [1.29, 1.82) is 0 Å². The van der Waals surface area contributed by atoms with E-state index in [9.17, 15) is 0 Å². The van der Waals surface area contributed by atoms with Crippen LogP contribution in [0.2, 0.25) is 0 Å². The van der Waals surface area contributed by atoms with Gasteiger partial charge in [0.25, 0.3) is 0 Å². The Balaban J connectivity index is 2.38. The highest BCUT2D eigenvalue weighted by atomic mass is 14.9. The molecule has 0 heterocycles. The lowest BCUT2D eigenvalue weighted by atomic mass is 9.93. The van der Waals surface area contributed by atoms with Crippen LogP contribution in [-0.2, 0) is 0 Å². The quantitative estimate of drug-likeness (QED) is 0.656. The molecule has 1 N–H and O–H groups in total. The molecule has 1 aliphatic carbocycles. The van der Waals surface area contributed by atoms with Crippen LogP contribution in [0.25, 0.3) is 0 Å². The number of nitrogens with one attached hydrogen (secondary N) is 1. The second kappa shape index (κ2) is 5.29. The maximum atomic E-state index is 3.55. The van der Waals surface area contributed by atoms with Gasteiger partial charge in [0.2, 0.25) is 0 Å². The average molecular weight is 179 g/mol. The van der Waals surface area contributed by atoms with Gasteiger partial charge in [0.15, 0.2) is 0 Å². The number of rotatable bonds is 3. The molecule has 0 saturated heterocycles. The molecule has 1 rings (SSSR count). The lowest BCUT2D eigenvalue weighted by Crippen LogP contribution is -2.32. The molecule has 0 radical (unpaired) electrons. The van der Waals surface area contributed by atoms with Crippen LogP contribution in [0.5, 0.6) is 0 Å². The summed E-state index contributed by atoms with van der Waals surface area (Å²) in [4.78, 5) is 0. The molecule has 3 unspecified atom stereocenters. The van der Waals surface area contributed by atoms with Gasteiger partial charge in [-0.05, 0) is 38.1 Å². The van der Waals surface area contributed by atoms with Gasteiger partial charge < -0.3 is 5.32 Å². The van der Waals surface area contributed by atoms with Crippen molar-refractivity contribution >= 4 is 0 Å². The van der Waals surface area contributed by atoms with Crippen LogP contribution in [0.15, 0.2) is 0 Å². The van der Waals surface area contributed by atoms with E-state index in [0.717, 1.165) is 30.8 Å². The maximum absolute atomic E-state index is 3.55. The van der Waals surface area contributed by atoms with Gasteiger partial charge >= 0.3 is 0 Å². The summed E-state index contributed by atoms with van der Waals surface area (Å²) >= 11 is 0. The second-order valence-corrected chi connectivity index (χ2v) is 3.99. The summed E-state index contributed by atoms with van der Waals surface area (Å²) in [6, 6.07) is 0.744. The van der Waals surface area contributed by atoms with E-state index in [0.29, 0.717) is 0 Å². The highest BCUT2D eigenvalue weighted by Crippen LogP contribution is 2.33. The largest absolute Gasteiger partial charge is 0.314 e. The first-order valence-corrected chi connectivity index (χ1v) is 5.42. The smallest absolute Gasteiger partial charge is 0.0120 e. The Hall–Kier alpha value is -0.480. The van der Waals surface area contributed by atoms with Crippen LogP contribution in [0, 0.1) is 23.7 Å². The fraction of sp³-hybridized carbons (Fsp3) is 0.833. The Kier molecular flexibility index (Phi) is 4.32. The SMILES string of the molecule is CC#CCC1CCC(NCC)C1C. The first-order valence-electron chi connectivity index (χ1n) is 5.42. The minimum absolute atomic E-state index is 0.744. The third kappa shape index (κ3) is 2.74. The van der Waals surface area contributed by atoms with E-state index in [1.807, 2.05) is 6.92 Å². The Morgan fingerprint density at radius 3 is 2.77 bits per heavy atom. The van der Waals surface area contributed by atoms with Crippen molar-refractivity contribution in [1.82, 2.24) is 5.32 Å². The second-order valence-electron chi connectivity index (χ2n) is 3.99. The lowest BCUT2D eigenvalue weighted by molar-refractivity contribution is 0.361. The summed E-state index contributed by atoms with van der Waals surface area (Å²) in [5.41, 5.74) is 0. The third-order valence-electron chi connectivity index (χ3n) is 3.23. The average Bonchev–Trinajstić information content (AvgIpc) is 2.46. The molecule has 0 bridgehead atoms. The van der Waals surface area contributed by atoms with E-state index in [2.05, 4.69) is 31.0 Å². The van der Waals surface area contributed by atoms with E-state index in [-0.39, 0.29) is 0 Å². The third-order valence-corrected chi connectivity index (χ3v) is 3.23. The van der Waals surface area contributed by atoms with Crippen molar-refractivity contribution in [3.63, 3.8) is 0 Å². The van der Waals surface area contributed by atoms with Crippen molar-refractivity contribution in [3.05, 3.63) is 0 Å². The van der Waals surface area contributed by atoms with E-state index in [4.69, 9.17) is 0 Å². The molecule has 0 aromatic carbocycles. The van der Waals surface area contributed by atoms with Gasteiger partial charge in [-0.25, -0.2) is 0 Å². The lowest BCUT2D eigenvalue weighted by Gasteiger charge is -2.19. The summed E-state index contributed by atoms with van der Waals surface area (Å²) in [6.07, 6.45) is 3.79. The Labute approximate surface area is 82.3 Å². The van der Waals surface area contributed by atoms with Gasteiger partial charge in [0, 0.05) is 12.5 Å². The Morgan fingerprint density at radius 2 is 2.15 bits per heavy atom. The number of hydrogen-bond acceptors (Lipinski definition) is 1. The van der Waals surface area contributed by atoms with Gasteiger partial charge in [-0.15, -0.1) is 11.8 Å². The first-order chi connectivity index (χ1) is 6.29. The predicted molar refractivity (Wildman–Crippen MR) is 57.4 cm³/mol. The predicted octanol–water partition coefficient (Wildman–Crippen LogP) is 2.42. The van der Waals surface area contributed by atoms with Crippen molar-refractivity contribution < 1.29 is 0 Å². The summed E-state index contributed by atoms with van der Waals surface area (Å²) in [7, 11) is 0. The molecular formula is C12H21N. The molecule has 3 atom stereocenters. The minimum Gasteiger partial charge on any atom is -0.314 e. The zero-order chi connectivity index (χ0) is 9.68. The molecule has 0 spiro atoms. The summed E-state index contributed by atoms with van der Waals surface area (Å²) in [6.45, 7) is 7.58. The highest BCUT2D eigenvalue weighted by molar-refractivity contribution is 5.00. The molecule has 0 amide bonds. The maximum Gasteiger partial charge on any atom is 0.0120 e. The summed E-state index contributed by atoms with van der Waals surface area (Å²) in [5.74, 6) is 7.83. The minimum atomic E-state index is 0.744. The van der Waals surface area contributed by atoms with Gasteiger partial charge in [-0.1, -0.05) is 13.8 Å². The molecule has 0 aromatic heterocycles. The van der Waals surface area contributed by atoms with Gasteiger partial charge in [-0.2, -0.15) is 0 Å². The van der Waals surface area contributed by atoms with Crippen molar-refractivity contribution in [3.8, 4) is 11.8 Å². The van der Waals surface area contributed by atoms with Crippen LogP contribution in [-0.4, -0.2) is 12.6 Å². The monoisotopic (exact) mass is 179 g/mol. The van der Waals surface area contributed by atoms with Crippen molar-refractivity contribution in [2.45, 2.75) is 46.1 Å². The molecule has 1 nitrogen and oxygen atoms in total. The molecule has 1 aliphatic rings. The van der Waals surface area contributed by atoms with Crippen LogP contribution in [0.3, 0.4) is 0 Å². The summed E-state index contributed by atoms with van der Waals surface area (Å²) < 4.78 is 0. The van der Waals surface area contributed by atoms with E-state index in [1.54, 1.807) is 0 Å². The zero-order valence-corrected chi connectivity index (χ0v) is 9.06. The number of hydrogen-bond donors (Lipinski definition) is 1. The zero-order valence-electron chi connectivity index (χ0n) is 9.06. The highest BCUT2D eigenvalue weighted by Gasteiger charge is 2.31. The van der Waals surface area contributed by atoms with Gasteiger partial charge in [0.1, 0.15) is 0 Å². The van der Waals surface area contributed by atoms with Gasteiger partial charge in [0.05, 0.1) is 0 Å². The molecule has 1 fully saturated rings. The van der Waals surface area contributed by atoms with Crippen LogP contribution in [0.1, 0.15) is 40.0 Å². The molecule has 0 aromatic rings. The Morgan fingerprint density at radius 1 is 1.38 bits per heavy atom. The van der Waals surface area contributed by atoms with E-state index in [1.165, 1.54) is 12.8 Å². The topological polar surface area (TPSA) is 12.0 Å². The van der Waals surface area contributed by atoms with Gasteiger partial charge in [-0.3, -0.25) is 0 Å². The van der Waals surface area contributed by atoms with Crippen LogP contribution in [0.4, 0.5) is 0 Å². The Bertz CT molecular complexity index is 199. The fourth-order valence-corrected chi connectivity index (χ4v) is 2.32. The van der Waals surface area contributed by atoms with E-state index < -0.39 is 0 Å².